The van der Waals surface area contributed by atoms with Gasteiger partial charge >= 0.3 is 0 Å². The van der Waals surface area contributed by atoms with Gasteiger partial charge in [0.2, 0.25) is 0 Å². The molecule has 3 nitrogen and oxygen atoms in total. The molecule has 1 aliphatic rings. The zero-order chi connectivity index (χ0) is 14.9. The number of hydrogen-bond donors (Lipinski definition) is 1. The maximum atomic E-state index is 4.60. The van der Waals surface area contributed by atoms with Gasteiger partial charge in [0.15, 0.2) is 0 Å². The van der Waals surface area contributed by atoms with Crippen molar-refractivity contribution in [1.29, 1.82) is 0 Å². The lowest BCUT2D eigenvalue weighted by atomic mass is 9.71. The Balaban J connectivity index is 1.95. The lowest BCUT2D eigenvalue weighted by Crippen LogP contribution is -2.44. The fourth-order valence-electron chi connectivity index (χ4n) is 2.90. The Kier molecular flexibility index (Phi) is 4.96. The van der Waals surface area contributed by atoms with Crippen LogP contribution in [0.2, 0.25) is 0 Å². The number of rotatable bonds is 5. The van der Waals surface area contributed by atoms with Crippen molar-refractivity contribution in [2.24, 2.45) is 18.9 Å². The highest BCUT2D eigenvalue weighted by atomic mass is 79.9. The predicted molar refractivity (Wildman–Crippen MR) is 88.0 cm³/mol. The zero-order valence-corrected chi connectivity index (χ0v) is 15.0. The van der Waals surface area contributed by atoms with Crippen LogP contribution in [0.5, 0.6) is 0 Å². The summed E-state index contributed by atoms with van der Waals surface area (Å²) in [7, 11) is 2.07. The van der Waals surface area contributed by atoms with Crippen LogP contribution in [0.1, 0.15) is 51.9 Å². The Labute approximate surface area is 131 Å². The lowest BCUT2D eigenvalue weighted by molar-refractivity contribution is 0.157. The van der Waals surface area contributed by atoms with Gasteiger partial charge in [0, 0.05) is 12.6 Å². The molecule has 0 spiro atoms. The van der Waals surface area contributed by atoms with Crippen LogP contribution < -0.4 is 5.32 Å². The Hall–Kier alpha value is -0.350. The van der Waals surface area contributed by atoms with E-state index in [1.54, 1.807) is 0 Å². The van der Waals surface area contributed by atoms with Crippen LogP contribution in [0, 0.1) is 11.8 Å². The third-order valence-corrected chi connectivity index (χ3v) is 5.34. The quantitative estimate of drug-likeness (QED) is 0.884. The topological polar surface area (TPSA) is 29.9 Å². The average molecular weight is 342 g/mol. The van der Waals surface area contributed by atoms with Gasteiger partial charge in [0.1, 0.15) is 0 Å². The van der Waals surface area contributed by atoms with Gasteiger partial charge in [0.25, 0.3) is 0 Å². The number of aromatic nitrogens is 2. The Morgan fingerprint density at radius 2 is 1.95 bits per heavy atom. The van der Waals surface area contributed by atoms with E-state index in [1.807, 2.05) is 0 Å². The summed E-state index contributed by atoms with van der Waals surface area (Å²) >= 11 is 3.74. The molecule has 1 aromatic rings. The molecule has 1 aromatic heterocycles. The second-order valence-corrected chi connectivity index (χ2v) is 7.91. The van der Waals surface area contributed by atoms with Gasteiger partial charge in [-0.2, -0.15) is 5.10 Å². The van der Waals surface area contributed by atoms with E-state index < -0.39 is 0 Å². The van der Waals surface area contributed by atoms with Crippen molar-refractivity contribution in [3.63, 3.8) is 0 Å². The van der Waals surface area contributed by atoms with E-state index in [0.29, 0.717) is 0 Å². The minimum atomic E-state index is 0.225. The van der Waals surface area contributed by atoms with Gasteiger partial charge in [0.05, 0.1) is 15.9 Å². The van der Waals surface area contributed by atoms with Gasteiger partial charge in [-0.3, -0.25) is 4.68 Å². The fraction of sp³-hybridized carbons (Fsp3) is 0.812. The lowest BCUT2D eigenvalue weighted by Gasteiger charge is -2.39. The summed E-state index contributed by atoms with van der Waals surface area (Å²) in [6.07, 6.45) is 4.87. The molecule has 2 unspecified atom stereocenters. The highest BCUT2D eigenvalue weighted by Gasteiger charge is 2.32. The fourth-order valence-corrected chi connectivity index (χ4v) is 3.68. The van der Waals surface area contributed by atoms with Crippen LogP contribution >= 0.6 is 15.9 Å². The van der Waals surface area contributed by atoms with E-state index in [1.165, 1.54) is 28.7 Å². The van der Waals surface area contributed by atoms with Crippen LogP contribution in [-0.4, -0.2) is 21.9 Å². The minimum absolute atomic E-state index is 0.225. The van der Waals surface area contributed by atoms with Crippen LogP contribution in [0.3, 0.4) is 0 Å². The summed E-state index contributed by atoms with van der Waals surface area (Å²) in [5, 5.41) is 8.26. The summed E-state index contributed by atoms with van der Waals surface area (Å²) in [6.45, 7) is 10.0. The Morgan fingerprint density at radius 1 is 1.30 bits per heavy atom. The molecule has 1 fully saturated rings. The molecule has 1 heterocycles. The van der Waals surface area contributed by atoms with E-state index in [4.69, 9.17) is 0 Å². The van der Waals surface area contributed by atoms with Crippen molar-refractivity contribution < 1.29 is 0 Å². The molecule has 4 heteroatoms. The maximum absolute atomic E-state index is 4.60. The van der Waals surface area contributed by atoms with Crippen molar-refractivity contribution in [3.8, 4) is 0 Å². The normalized spacial score (nSPS) is 22.9. The van der Waals surface area contributed by atoms with Crippen LogP contribution in [-0.2, 0) is 19.9 Å². The van der Waals surface area contributed by atoms with Crippen LogP contribution in [0.15, 0.2) is 4.47 Å². The van der Waals surface area contributed by atoms with Gasteiger partial charge in [-0.1, -0.05) is 6.92 Å². The molecule has 1 N–H and O–H groups in total. The summed E-state index contributed by atoms with van der Waals surface area (Å²) in [6, 6.07) is 0. The first-order valence-electron chi connectivity index (χ1n) is 7.77. The van der Waals surface area contributed by atoms with Crippen LogP contribution in [0.4, 0.5) is 0 Å². The molecule has 1 saturated carbocycles. The third-order valence-electron chi connectivity index (χ3n) is 4.43. The molecule has 2 rings (SSSR count). The summed E-state index contributed by atoms with van der Waals surface area (Å²) in [5.41, 5.74) is 2.78. The number of nitrogens with one attached hydrogen (secondary N) is 1. The molecule has 20 heavy (non-hydrogen) atoms. The van der Waals surface area contributed by atoms with Crippen molar-refractivity contribution >= 4 is 15.9 Å². The second-order valence-electron chi connectivity index (χ2n) is 7.12. The first-order valence-corrected chi connectivity index (χ1v) is 8.56. The van der Waals surface area contributed by atoms with E-state index in [0.717, 1.165) is 31.2 Å². The molecule has 2 atom stereocenters. The first-order chi connectivity index (χ1) is 9.31. The summed E-state index contributed by atoms with van der Waals surface area (Å²) in [5.74, 6) is 1.63. The van der Waals surface area contributed by atoms with E-state index in [2.05, 4.69) is 65.8 Å². The SMILES string of the molecule is CCc1nn(C)c(CC2CCC2CNC(C)(C)C)c1Br. The van der Waals surface area contributed by atoms with Gasteiger partial charge in [-0.25, -0.2) is 0 Å². The van der Waals surface area contributed by atoms with Crippen molar-refractivity contribution in [1.82, 2.24) is 15.1 Å². The standard InChI is InChI=1S/C16H28BrN3/c1-6-13-15(17)14(20(5)19-13)9-11-7-8-12(11)10-18-16(2,3)4/h11-12,18H,6-10H2,1-5H3. The highest BCUT2D eigenvalue weighted by Crippen LogP contribution is 2.38. The third kappa shape index (κ3) is 3.64. The van der Waals surface area contributed by atoms with E-state index in [-0.39, 0.29) is 5.54 Å². The zero-order valence-electron chi connectivity index (χ0n) is 13.5. The Bertz CT molecular complexity index is 459. The summed E-state index contributed by atoms with van der Waals surface area (Å²) in [4.78, 5) is 0. The maximum Gasteiger partial charge on any atom is 0.0766 e. The average Bonchev–Trinajstić information content (AvgIpc) is 2.59. The molecule has 114 valence electrons. The number of hydrogen-bond acceptors (Lipinski definition) is 2. The summed E-state index contributed by atoms with van der Waals surface area (Å²) < 4.78 is 3.30. The molecule has 0 amide bonds. The van der Waals surface area contributed by atoms with Gasteiger partial charge in [-0.05, 0) is 80.8 Å². The van der Waals surface area contributed by atoms with Crippen molar-refractivity contribution in [3.05, 3.63) is 15.9 Å². The van der Waals surface area contributed by atoms with Gasteiger partial charge < -0.3 is 5.32 Å². The van der Waals surface area contributed by atoms with Crippen LogP contribution in [0.25, 0.3) is 0 Å². The minimum Gasteiger partial charge on any atom is -0.312 e. The first kappa shape index (κ1) is 16.0. The Morgan fingerprint density at radius 3 is 2.40 bits per heavy atom. The molecule has 0 radical (unpaired) electrons. The predicted octanol–water partition coefficient (Wildman–Crippen LogP) is 3.70. The molecular weight excluding hydrogens is 314 g/mol. The smallest absolute Gasteiger partial charge is 0.0766 e. The van der Waals surface area contributed by atoms with Crippen molar-refractivity contribution in [2.45, 2.75) is 58.9 Å². The molecule has 0 bridgehead atoms. The monoisotopic (exact) mass is 341 g/mol. The van der Waals surface area contributed by atoms with E-state index >= 15 is 0 Å². The molecule has 0 saturated heterocycles. The largest absolute Gasteiger partial charge is 0.312 e. The number of nitrogens with zero attached hydrogens (tertiary/aromatic N) is 2. The second kappa shape index (κ2) is 6.18. The molecule has 0 aromatic carbocycles. The molecule has 1 aliphatic carbocycles. The van der Waals surface area contributed by atoms with E-state index in [9.17, 15) is 0 Å². The van der Waals surface area contributed by atoms with Gasteiger partial charge in [-0.15, -0.1) is 0 Å². The number of aryl methyl sites for hydroxylation is 2. The molecular formula is C16H28BrN3. The van der Waals surface area contributed by atoms with Crippen molar-refractivity contribution in [2.75, 3.05) is 6.54 Å². The number of halogens is 1. The highest BCUT2D eigenvalue weighted by molar-refractivity contribution is 9.10. The molecule has 0 aliphatic heterocycles.